The lowest BCUT2D eigenvalue weighted by atomic mass is 9.87. The Bertz CT molecular complexity index is 1600. The van der Waals surface area contributed by atoms with Gasteiger partial charge in [-0.1, -0.05) is 35.1 Å². The number of fused-ring (bicyclic) bond motifs is 1. The van der Waals surface area contributed by atoms with E-state index in [4.69, 9.17) is 21.3 Å². The van der Waals surface area contributed by atoms with Gasteiger partial charge in [-0.2, -0.15) is 5.10 Å². The number of methoxy groups -OCH3 is 1. The lowest BCUT2D eigenvalue weighted by molar-refractivity contribution is 0.00532. The number of ether oxygens (including phenoxy) is 1. The summed E-state index contributed by atoms with van der Waals surface area (Å²) in [6.07, 6.45) is 6.35. The van der Waals surface area contributed by atoms with Crippen molar-refractivity contribution in [1.29, 1.82) is 0 Å². The molecule has 10 nitrogen and oxygen atoms in total. The van der Waals surface area contributed by atoms with Crippen molar-refractivity contribution >= 4 is 39.9 Å². The van der Waals surface area contributed by atoms with E-state index in [1.807, 2.05) is 10.6 Å². The number of aromatic amines is 1. The summed E-state index contributed by atoms with van der Waals surface area (Å²) in [5, 5.41) is 10.1. The third-order valence-corrected chi connectivity index (χ3v) is 7.84. The molecule has 13 heteroatoms. The number of carbonyl (C=O) groups excluding carboxylic acids is 1. The number of benzene rings is 1. The molecule has 1 unspecified atom stereocenters. The van der Waals surface area contributed by atoms with Gasteiger partial charge in [0.05, 0.1) is 41.7 Å². The Balaban J connectivity index is 1.46. The van der Waals surface area contributed by atoms with Crippen LogP contribution in [-0.2, 0) is 4.74 Å². The Kier molecular flexibility index (Phi) is 6.60. The second-order valence-corrected chi connectivity index (χ2v) is 10.6. The molecule has 6 rings (SSSR count). The number of thiazole rings is 1. The van der Waals surface area contributed by atoms with Crippen molar-refractivity contribution in [3.63, 3.8) is 0 Å². The second kappa shape index (κ2) is 10.2. The van der Waals surface area contributed by atoms with Crippen molar-refractivity contribution in [2.75, 3.05) is 7.11 Å². The van der Waals surface area contributed by atoms with Crippen LogP contribution in [0.25, 0.3) is 33.9 Å². The number of hydrogen-bond donors (Lipinski definition) is 2. The fraction of sp³-hybridized carbons (Fsp3) is 0.280. The Labute approximate surface area is 225 Å². The van der Waals surface area contributed by atoms with Gasteiger partial charge in [-0.3, -0.25) is 14.9 Å². The molecule has 38 heavy (non-hydrogen) atoms. The van der Waals surface area contributed by atoms with Gasteiger partial charge in [0.1, 0.15) is 33.5 Å². The van der Waals surface area contributed by atoms with Crippen molar-refractivity contribution in [2.24, 2.45) is 0 Å². The first-order valence-electron chi connectivity index (χ1n) is 12.0. The lowest BCUT2D eigenvalue weighted by Crippen LogP contribution is -2.50. The number of imidazole rings is 1. The predicted octanol–water partition coefficient (Wildman–Crippen LogP) is 4.67. The molecular weight excluding hydrogens is 531 g/mol. The zero-order valence-corrected chi connectivity index (χ0v) is 21.7. The molecule has 4 heterocycles. The average Bonchev–Trinajstić information content (AvgIpc) is 3.68. The zero-order chi connectivity index (χ0) is 26.2. The van der Waals surface area contributed by atoms with Crippen molar-refractivity contribution < 1.29 is 13.9 Å². The fourth-order valence-corrected chi connectivity index (χ4v) is 5.93. The van der Waals surface area contributed by atoms with E-state index in [1.54, 1.807) is 31.5 Å². The van der Waals surface area contributed by atoms with Crippen LogP contribution in [0.15, 0.2) is 49.1 Å². The predicted molar refractivity (Wildman–Crippen MR) is 140 cm³/mol. The largest absolute Gasteiger partial charge is 0.377 e. The molecule has 0 spiro atoms. The topological polar surface area (TPSA) is 124 Å². The molecule has 5 aromatic rings. The van der Waals surface area contributed by atoms with E-state index in [2.05, 4.69) is 30.5 Å². The Hall–Kier alpha value is -3.74. The molecular formula is C25H22ClFN8O2S. The van der Waals surface area contributed by atoms with Gasteiger partial charge >= 0.3 is 0 Å². The number of halogens is 2. The van der Waals surface area contributed by atoms with Gasteiger partial charge in [-0.25, -0.2) is 19.3 Å². The summed E-state index contributed by atoms with van der Waals surface area (Å²) >= 11 is 7.10. The van der Waals surface area contributed by atoms with Gasteiger partial charge in [0, 0.05) is 7.11 Å². The van der Waals surface area contributed by atoms with Crippen LogP contribution in [0.5, 0.6) is 0 Å². The summed E-state index contributed by atoms with van der Waals surface area (Å²) in [6, 6.07) is 7.82. The van der Waals surface area contributed by atoms with Crippen LogP contribution < -0.4 is 5.32 Å². The minimum Gasteiger partial charge on any atom is -0.377 e. The summed E-state index contributed by atoms with van der Waals surface area (Å²) in [6.45, 7) is 0. The maximum atomic E-state index is 15.1. The highest BCUT2D eigenvalue weighted by molar-refractivity contribution is 7.17. The summed E-state index contributed by atoms with van der Waals surface area (Å²) in [7, 11) is 1.62. The van der Waals surface area contributed by atoms with E-state index in [-0.39, 0.29) is 28.8 Å². The van der Waals surface area contributed by atoms with E-state index >= 15 is 4.39 Å². The van der Waals surface area contributed by atoms with Gasteiger partial charge in [-0.15, -0.1) is 0 Å². The molecule has 1 amide bonds. The number of carbonyl (C=O) groups is 1. The molecule has 0 saturated heterocycles. The highest BCUT2D eigenvalue weighted by atomic mass is 35.5. The van der Waals surface area contributed by atoms with Crippen LogP contribution in [0, 0.1) is 5.82 Å². The van der Waals surface area contributed by atoms with E-state index in [0.717, 1.165) is 29.7 Å². The molecule has 0 radical (unpaired) electrons. The van der Waals surface area contributed by atoms with Gasteiger partial charge in [0.2, 0.25) is 0 Å². The van der Waals surface area contributed by atoms with Crippen LogP contribution in [0.2, 0.25) is 4.34 Å². The molecule has 0 bridgehead atoms. The van der Waals surface area contributed by atoms with Crippen molar-refractivity contribution in [3.8, 4) is 22.9 Å². The van der Waals surface area contributed by atoms with Crippen LogP contribution >= 0.6 is 22.9 Å². The monoisotopic (exact) mass is 552 g/mol. The normalized spacial score (nSPS) is 19.6. The Morgan fingerprint density at radius 2 is 2.11 bits per heavy atom. The number of H-pyrrole nitrogens is 1. The summed E-state index contributed by atoms with van der Waals surface area (Å²) in [5.41, 5.74) is 2.29. The molecule has 0 aliphatic heterocycles. The summed E-state index contributed by atoms with van der Waals surface area (Å²) < 4.78 is 23.5. The third-order valence-electron chi connectivity index (χ3n) is 6.73. The van der Waals surface area contributed by atoms with Crippen molar-refractivity contribution in [1.82, 2.24) is 40.0 Å². The molecule has 1 aromatic carbocycles. The number of nitrogens with zero attached hydrogens (tertiary/aromatic N) is 6. The summed E-state index contributed by atoms with van der Waals surface area (Å²) in [4.78, 5) is 30.5. The molecule has 1 aliphatic carbocycles. The minimum absolute atomic E-state index is 0.261. The number of amides is 1. The number of aromatic nitrogens is 7. The van der Waals surface area contributed by atoms with Gasteiger partial charge in [0.25, 0.3) is 5.91 Å². The first-order valence-corrected chi connectivity index (χ1v) is 13.2. The number of pyridine rings is 1. The first-order chi connectivity index (χ1) is 18.5. The van der Waals surface area contributed by atoms with Crippen molar-refractivity contribution in [2.45, 2.75) is 37.5 Å². The Morgan fingerprint density at radius 3 is 2.84 bits per heavy atom. The number of hydrogen-bond acceptors (Lipinski definition) is 8. The minimum atomic E-state index is -0.423. The quantitative estimate of drug-likeness (QED) is 0.314. The van der Waals surface area contributed by atoms with Crippen LogP contribution in [0.4, 0.5) is 4.39 Å². The van der Waals surface area contributed by atoms with Crippen molar-refractivity contribution in [3.05, 3.63) is 64.2 Å². The van der Waals surface area contributed by atoms with Gasteiger partial charge < -0.3 is 14.6 Å². The van der Waals surface area contributed by atoms with E-state index in [1.165, 1.54) is 18.6 Å². The average molecular weight is 553 g/mol. The van der Waals surface area contributed by atoms with Crippen LogP contribution in [-0.4, -0.2) is 59.9 Å². The van der Waals surface area contributed by atoms with Gasteiger partial charge in [-0.05, 0) is 37.5 Å². The standard InChI is InChI=1S/C25H22ClFN8O2S/c1-37-21-15(33-24(36)25-29-11-20(26)38-25)7-4-8-18(21)35-19-9-16(22-30-12-31-34-22)28-10-17(19)32-23(35)13-5-2-3-6-14(13)27/h2-3,5-6,9-12,15,18,21H,4,7-8H2,1H3,(H,33,36)(H,30,31,34)/t15?,18-,21+/m0/s1. The molecule has 1 aliphatic rings. The molecule has 4 aromatic heterocycles. The molecule has 1 saturated carbocycles. The maximum absolute atomic E-state index is 15.1. The smallest absolute Gasteiger partial charge is 0.280 e. The number of rotatable bonds is 6. The first kappa shape index (κ1) is 24.6. The third kappa shape index (κ3) is 4.44. The summed E-state index contributed by atoms with van der Waals surface area (Å²) in [5.74, 6) is 0.269. The molecule has 1 fully saturated rings. The Morgan fingerprint density at radius 1 is 1.24 bits per heavy atom. The molecule has 3 atom stereocenters. The highest BCUT2D eigenvalue weighted by Crippen LogP contribution is 2.38. The van der Waals surface area contributed by atoms with E-state index in [0.29, 0.717) is 39.2 Å². The molecule has 2 N–H and O–H groups in total. The van der Waals surface area contributed by atoms with Crippen LogP contribution in [0.3, 0.4) is 0 Å². The maximum Gasteiger partial charge on any atom is 0.280 e. The van der Waals surface area contributed by atoms with Gasteiger partial charge in [0.15, 0.2) is 10.8 Å². The highest BCUT2D eigenvalue weighted by Gasteiger charge is 2.38. The van der Waals surface area contributed by atoms with E-state index < -0.39 is 6.10 Å². The molecule has 194 valence electrons. The number of nitrogens with one attached hydrogen (secondary N) is 2. The van der Waals surface area contributed by atoms with Crippen LogP contribution in [0.1, 0.15) is 35.1 Å². The zero-order valence-electron chi connectivity index (χ0n) is 20.1. The fourth-order valence-electron chi connectivity index (χ4n) is 5.11. The second-order valence-electron chi connectivity index (χ2n) is 8.93. The SMILES string of the molecule is CO[C@@H]1C(NC(=O)c2ncc(Cl)s2)CCC[C@@H]1n1c(-c2ccccc2F)nc2cnc(-c3ncn[nH]3)cc21. The van der Waals surface area contributed by atoms with E-state index in [9.17, 15) is 4.79 Å². The lowest BCUT2D eigenvalue weighted by Gasteiger charge is -2.39.